The van der Waals surface area contributed by atoms with Crippen LogP contribution in [0, 0.1) is 20.2 Å². The molecule has 1 N–H and O–H groups in total. The normalized spacial score (nSPS) is 10.8. The van der Waals surface area contributed by atoms with Gasteiger partial charge in [-0.2, -0.15) is 5.10 Å². The van der Waals surface area contributed by atoms with E-state index in [0.717, 1.165) is 12.1 Å². The van der Waals surface area contributed by atoms with Crippen molar-refractivity contribution < 1.29 is 19.0 Å². The predicted octanol–water partition coefficient (Wildman–Crippen LogP) is 2.69. The minimum atomic E-state index is -0.728. The summed E-state index contributed by atoms with van der Waals surface area (Å²) in [6, 6.07) is 6.59. The number of anilines is 1. The van der Waals surface area contributed by atoms with Gasteiger partial charge in [0, 0.05) is 13.2 Å². The van der Waals surface area contributed by atoms with Gasteiger partial charge in [0.2, 0.25) is 0 Å². The van der Waals surface area contributed by atoms with Crippen molar-refractivity contribution in [3.8, 4) is 0 Å². The molecular weight excluding hydrogens is 308 g/mol. The van der Waals surface area contributed by atoms with Crippen LogP contribution < -0.4 is 5.43 Å². The molecule has 0 aliphatic rings. The SMILES string of the molecule is COCc1ccc(/C=N/Nc2ccc([N+](=O)[O-])cc2[N+](=O)[O-])o1. The molecular formula is C13H12N4O6. The first-order chi connectivity index (χ1) is 11.0. The number of nitro benzene ring substituents is 2. The Hall–Kier alpha value is -3.27. The van der Waals surface area contributed by atoms with Crippen LogP contribution in [-0.2, 0) is 11.3 Å². The zero-order valence-electron chi connectivity index (χ0n) is 12.0. The molecule has 23 heavy (non-hydrogen) atoms. The number of ether oxygens (including phenoxy) is 1. The first kappa shape index (κ1) is 16.1. The number of furan rings is 1. The zero-order chi connectivity index (χ0) is 16.8. The van der Waals surface area contributed by atoms with Crippen molar-refractivity contribution in [3.63, 3.8) is 0 Å². The van der Waals surface area contributed by atoms with Gasteiger partial charge < -0.3 is 9.15 Å². The fourth-order valence-corrected chi connectivity index (χ4v) is 1.73. The van der Waals surface area contributed by atoms with Gasteiger partial charge >= 0.3 is 5.69 Å². The molecule has 0 aliphatic heterocycles. The zero-order valence-corrected chi connectivity index (χ0v) is 12.0. The summed E-state index contributed by atoms with van der Waals surface area (Å²) in [5, 5.41) is 25.4. The van der Waals surface area contributed by atoms with Crippen molar-refractivity contribution in [2.45, 2.75) is 6.61 Å². The molecule has 0 unspecified atom stereocenters. The molecule has 0 saturated carbocycles. The van der Waals surface area contributed by atoms with Crippen LogP contribution in [0.2, 0.25) is 0 Å². The molecule has 0 amide bonds. The Kier molecular flexibility index (Phi) is 5.00. The van der Waals surface area contributed by atoms with E-state index in [1.165, 1.54) is 19.4 Å². The number of nitro groups is 2. The molecule has 0 radical (unpaired) electrons. The van der Waals surface area contributed by atoms with Crippen LogP contribution >= 0.6 is 0 Å². The number of rotatable bonds is 7. The average molecular weight is 320 g/mol. The number of benzene rings is 1. The van der Waals surface area contributed by atoms with Crippen molar-refractivity contribution in [2.24, 2.45) is 5.10 Å². The molecule has 2 rings (SSSR count). The second kappa shape index (κ2) is 7.13. The number of hydrazone groups is 1. The third-order valence-corrected chi connectivity index (χ3v) is 2.73. The summed E-state index contributed by atoms with van der Waals surface area (Å²) in [4.78, 5) is 20.2. The molecule has 1 aromatic heterocycles. The van der Waals surface area contributed by atoms with Gasteiger partial charge in [0.1, 0.15) is 23.8 Å². The van der Waals surface area contributed by atoms with Crippen molar-refractivity contribution >= 4 is 23.3 Å². The molecule has 10 heteroatoms. The monoisotopic (exact) mass is 320 g/mol. The predicted molar refractivity (Wildman–Crippen MR) is 80.4 cm³/mol. The molecule has 1 heterocycles. The molecule has 0 saturated heterocycles. The second-order valence-electron chi connectivity index (χ2n) is 4.32. The maximum atomic E-state index is 11.0. The maximum absolute atomic E-state index is 11.0. The summed E-state index contributed by atoms with van der Waals surface area (Å²) >= 11 is 0. The third-order valence-electron chi connectivity index (χ3n) is 2.73. The topological polar surface area (TPSA) is 133 Å². The van der Waals surface area contributed by atoms with Crippen LogP contribution in [0.5, 0.6) is 0 Å². The number of non-ortho nitro benzene ring substituents is 1. The average Bonchev–Trinajstić information content (AvgIpc) is 2.95. The highest BCUT2D eigenvalue weighted by Crippen LogP contribution is 2.28. The van der Waals surface area contributed by atoms with E-state index in [-0.39, 0.29) is 11.4 Å². The van der Waals surface area contributed by atoms with E-state index >= 15 is 0 Å². The molecule has 0 bridgehead atoms. The van der Waals surface area contributed by atoms with Gasteiger partial charge in [0.05, 0.1) is 22.1 Å². The molecule has 1 aromatic carbocycles. The van der Waals surface area contributed by atoms with Gasteiger partial charge in [-0.1, -0.05) is 0 Å². The number of hydrogen-bond donors (Lipinski definition) is 1. The Morgan fingerprint density at radius 1 is 1.26 bits per heavy atom. The third kappa shape index (κ3) is 4.11. The van der Waals surface area contributed by atoms with Gasteiger partial charge in [-0.25, -0.2) is 0 Å². The van der Waals surface area contributed by atoms with E-state index in [2.05, 4.69) is 10.5 Å². The van der Waals surface area contributed by atoms with Gasteiger partial charge in [-0.3, -0.25) is 25.7 Å². The fraction of sp³-hybridized carbons (Fsp3) is 0.154. The summed E-state index contributed by atoms with van der Waals surface area (Å²) in [5.41, 5.74) is 1.67. The highest BCUT2D eigenvalue weighted by molar-refractivity contribution is 5.77. The maximum Gasteiger partial charge on any atom is 0.301 e. The quantitative estimate of drug-likeness (QED) is 0.471. The molecule has 10 nitrogen and oxygen atoms in total. The Labute approximate surface area is 129 Å². The van der Waals surface area contributed by atoms with E-state index < -0.39 is 15.5 Å². The van der Waals surface area contributed by atoms with E-state index in [1.54, 1.807) is 12.1 Å². The van der Waals surface area contributed by atoms with Crippen molar-refractivity contribution in [2.75, 3.05) is 12.5 Å². The molecule has 2 aromatic rings. The molecule has 0 atom stereocenters. The summed E-state index contributed by atoms with van der Waals surface area (Å²) in [6.07, 6.45) is 1.32. The van der Waals surface area contributed by atoms with Crippen LogP contribution in [0.4, 0.5) is 17.1 Å². The summed E-state index contributed by atoms with van der Waals surface area (Å²) in [6.45, 7) is 0.315. The minimum absolute atomic E-state index is 0.0283. The molecule has 0 fully saturated rings. The lowest BCUT2D eigenvalue weighted by molar-refractivity contribution is -0.393. The fourth-order valence-electron chi connectivity index (χ4n) is 1.73. The Morgan fingerprint density at radius 3 is 2.70 bits per heavy atom. The number of nitrogens with zero attached hydrogens (tertiary/aromatic N) is 3. The largest absolute Gasteiger partial charge is 0.458 e. The lowest BCUT2D eigenvalue weighted by Crippen LogP contribution is -1.98. The second-order valence-corrected chi connectivity index (χ2v) is 4.32. The van der Waals surface area contributed by atoms with E-state index in [1.807, 2.05) is 0 Å². The first-order valence-corrected chi connectivity index (χ1v) is 6.31. The highest BCUT2D eigenvalue weighted by Gasteiger charge is 2.19. The van der Waals surface area contributed by atoms with E-state index in [9.17, 15) is 20.2 Å². The molecule has 120 valence electrons. The van der Waals surface area contributed by atoms with Gasteiger partial charge in [0.25, 0.3) is 5.69 Å². The Balaban J connectivity index is 2.14. The van der Waals surface area contributed by atoms with Crippen LogP contribution in [0.15, 0.2) is 39.9 Å². The number of hydrogen-bond acceptors (Lipinski definition) is 8. The lowest BCUT2D eigenvalue weighted by Gasteiger charge is -2.01. The summed E-state index contributed by atoms with van der Waals surface area (Å²) in [7, 11) is 1.53. The van der Waals surface area contributed by atoms with Crippen molar-refractivity contribution in [1.82, 2.24) is 0 Å². The summed E-state index contributed by atoms with van der Waals surface area (Å²) < 4.78 is 10.3. The Morgan fingerprint density at radius 2 is 2.04 bits per heavy atom. The number of nitrogens with one attached hydrogen (secondary N) is 1. The van der Waals surface area contributed by atoms with Crippen molar-refractivity contribution in [1.29, 1.82) is 0 Å². The lowest BCUT2D eigenvalue weighted by atomic mass is 10.2. The first-order valence-electron chi connectivity index (χ1n) is 6.31. The van der Waals surface area contributed by atoms with Crippen LogP contribution in [0.25, 0.3) is 0 Å². The smallest absolute Gasteiger partial charge is 0.301 e. The van der Waals surface area contributed by atoms with E-state index in [4.69, 9.17) is 9.15 Å². The van der Waals surface area contributed by atoms with E-state index in [0.29, 0.717) is 18.1 Å². The van der Waals surface area contributed by atoms with Crippen LogP contribution in [-0.4, -0.2) is 23.2 Å². The molecule has 0 aliphatic carbocycles. The van der Waals surface area contributed by atoms with Crippen molar-refractivity contribution in [3.05, 3.63) is 62.1 Å². The van der Waals surface area contributed by atoms with Gasteiger partial charge in [-0.15, -0.1) is 0 Å². The minimum Gasteiger partial charge on any atom is -0.458 e. The van der Waals surface area contributed by atoms with Crippen LogP contribution in [0.3, 0.4) is 0 Å². The Bertz CT molecular complexity index is 755. The number of methoxy groups -OCH3 is 1. The summed E-state index contributed by atoms with van der Waals surface area (Å²) in [5.74, 6) is 1.03. The molecule has 0 spiro atoms. The standard InChI is InChI=1S/C13H12N4O6/c1-22-8-11-4-3-10(23-11)7-14-15-12-5-2-9(16(18)19)6-13(12)17(20)21/h2-7,15H,8H2,1H3/b14-7+. The highest BCUT2D eigenvalue weighted by atomic mass is 16.6. The van der Waals surface area contributed by atoms with Crippen LogP contribution in [0.1, 0.15) is 11.5 Å². The van der Waals surface area contributed by atoms with Gasteiger partial charge in [-0.05, 0) is 18.2 Å². The van der Waals surface area contributed by atoms with Gasteiger partial charge in [0.15, 0.2) is 0 Å².